The van der Waals surface area contributed by atoms with Gasteiger partial charge < -0.3 is 9.90 Å². The zero-order valence-corrected chi connectivity index (χ0v) is 6.04. The first-order valence-corrected chi connectivity index (χ1v) is 3.37. The number of carboxylic acids is 1. The molecule has 0 bridgehead atoms. The van der Waals surface area contributed by atoms with Crippen LogP contribution in [0.25, 0.3) is 0 Å². The smallest absolute Gasteiger partial charge is 0.303 e. The van der Waals surface area contributed by atoms with Gasteiger partial charge in [-0.1, -0.05) is 6.92 Å². The summed E-state index contributed by atoms with van der Waals surface area (Å²) in [4.78, 5) is 20.2. The maximum absolute atomic E-state index is 10.2. The first-order chi connectivity index (χ1) is 4.70. The van der Waals surface area contributed by atoms with E-state index in [4.69, 9.17) is 5.11 Å². The summed E-state index contributed by atoms with van der Waals surface area (Å²) in [5.41, 5.74) is 0. The molecule has 0 aromatic rings. The van der Waals surface area contributed by atoms with Gasteiger partial charge in [0.2, 0.25) is 0 Å². The molecule has 0 aliphatic carbocycles. The van der Waals surface area contributed by atoms with Crippen molar-refractivity contribution in [3.05, 3.63) is 0 Å². The van der Waals surface area contributed by atoms with E-state index in [-0.39, 0.29) is 12.3 Å². The molecule has 0 saturated carbocycles. The quantitative estimate of drug-likeness (QED) is 0.587. The number of rotatable bonds is 5. The highest BCUT2D eigenvalue weighted by Crippen LogP contribution is 2.06. The molecule has 58 valence electrons. The third-order valence-electron chi connectivity index (χ3n) is 1.45. The monoisotopic (exact) mass is 144 g/mol. The Hall–Kier alpha value is -0.860. The average Bonchev–Trinajstić information content (AvgIpc) is 1.90. The van der Waals surface area contributed by atoms with Crippen molar-refractivity contribution >= 4 is 12.3 Å². The molecule has 3 heteroatoms. The Morgan fingerprint density at radius 2 is 2.30 bits per heavy atom. The standard InChI is InChI=1S/C7H12O3/c1-2-6(5-8)3-4-7(9)10/h5-6H,2-4H2,1H3,(H,9,10)/t6-/m0/s1. The Kier molecular flexibility index (Phi) is 4.54. The SMILES string of the molecule is CC[C@H](C=O)CCC(=O)O. The van der Waals surface area contributed by atoms with Gasteiger partial charge in [0, 0.05) is 12.3 Å². The van der Waals surface area contributed by atoms with E-state index < -0.39 is 5.97 Å². The van der Waals surface area contributed by atoms with Crippen LogP contribution in [-0.2, 0) is 9.59 Å². The molecule has 0 spiro atoms. The van der Waals surface area contributed by atoms with Gasteiger partial charge in [0.1, 0.15) is 6.29 Å². The summed E-state index contributed by atoms with van der Waals surface area (Å²) < 4.78 is 0. The van der Waals surface area contributed by atoms with Gasteiger partial charge in [-0.2, -0.15) is 0 Å². The fraction of sp³-hybridized carbons (Fsp3) is 0.714. The van der Waals surface area contributed by atoms with Crippen molar-refractivity contribution in [3.63, 3.8) is 0 Å². The van der Waals surface area contributed by atoms with Gasteiger partial charge in [-0.25, -0.2) is 0 Å². The molecule has 0 unspecified atom stereocenters. The molecule has 0 saturated heterocycles. The van der Waals surface area contributed by atoms with E-state index in [2.05, 4.69) is 0 Å². The fourth-order valence-electron chi connectivity index (χ4n) is 0.677. The van der Waals surface area contributed by atoms with Crippen LogP contribution in [0.3, 0.4) is 0 Å². The second-order valence-electron chi connectivity index (χ2n) is 2.24. The molecule has 1 atom stereocenters. The predicted molar refractivity (Wildman–Crippen MR) is 36.7 cm³/mol. The van der Waals surface area contributed by atoms with Crippen LogP contribution in [0.5, 0.6) is 0 Å². The predicted octanol–water partition coefficient (Wildman–Crippen LogP) is 1.08. The lowest BCUT2D eigenvalue weighted by Crippen LogP contribution is -2.04. The maximum atomic E-state index is 10.2. The molecule has 1 N–H and O–H groups in total. The zero-order chi connectivity index (χ0) is 7.98. The van der Waals surface area contributed by atoms with Gasteiger partial charge >= 0.3 is 5.97 Å². The van der Waals surface area contributed by atoms with Gasteiger partial charge in [0.25, 0.3) is 0 Å². The van der Waals surface area contributed by atoms with Crippen LogP contribution in [0, 0.1) is 5.92 Å². The summed E-state index contributed by atoms with van der Waals surface area (Å²) in [6, 6.07) is 0. The van der Waals surface area contributed by atoms with E-state index in [9.17, 15) is 9.59 Å². The minimum absolute atomic E-state index is 0.0731. The van der Waals surface area contributed by atoms with Crippen LogP contribution in [0.4, 0.5) is 0 Å². The first kappa shape index (κ1) is 9.14. The highest BCUT2D eigenvalue weighted by atomic mass is 16.4. The summed E-state index contributed by atoms with van der Waals surface area (Å²) >= 11 is 0. The van der Waals surface area contributed by atoms with Crippen molar-refractivity contribution in [2.75, 3.05) is 0 Å². The van der Waals surface area contributed by atoms with Crippen LogP contribution in [0.1, 0.15) is 26.2 Å². The second kappa shape index (κ2) is 4.97. The topological polar surface area (TPSA) is 54.4 Å². The van der Waals surface area contributed by atoms with E-state index in [1.807, 2.05) is 6.92 Å². The molecular formula is C7H12O3. The van der Waals surface area contributed by atoms with E-state index >= 15 is 0 Å². The highest BCUT2D eigenvalue weighted by Gasteiger charge is 2.06. The lowest BCUT2D eigenvalue weighted by Gasteiger charge is -2.02. The summed E-state index contributed by atoms with van der Waals surface area (Å²) in [5, 5.41) is 8.24. The van der Waals surface area contributed by atoms with Gasteiger partial charge in [-0.05, 0) is 12.8 Å². The molecule has 0 aliphatic rings. The van der Waals surface area contributed by atoms with Gasteiger partial charge in [0.15, 0.2) is 0 Å². The molecular weight excluding hydrogens is 132 g/mol. The van der Waals surface area contributed by atoms with E-state index in [1.54, 1.807) is 0 Å². The lowest BCUT2D eigenvalue weighted by molar-refractivity contribution is -0.137. The van der Waals surface area contributed by atoms with Crippen molar-refractivity contribution in [1.29, 1.82) is 0 Å². The fourth-order valence-corrected chi connectivity index (χ4v) is 0.677. The van der Waals surface area contributed by atoms with Crippen LogP contribution in [-0.4, -0.2) is 17.4 Å². The summed E-state index contributed by atoms with van der Waals surface area (Å²) in [5.74, 6) is -0.906. The second-order valence-corrected chi connectivity index (χ2v) is 2.24. The van der Waals surface area contributed by atoms with Crippen molar-refractivity contribution in [2.24, 2.45) is 5.92 Å². The number of aldehydes is 1. The average molecular weight is 144 g/mol. The number of carbonyl (C=O) groups excluding carboxylic acids is 1. The molecule has 0 aliphatic heterocycles. The molecule has 10 heavy (non-hydrogen) atoms. The third-order valence-corrected chi connectivity index (χ3v) is 1.45. The molecule has 0 heterocycles. The Labute approximate surface area is 60.0 Å². The number of aliphatic carboxylic acids is 1. The third kappa shape index (κ3) is 4.06. The zero-order valence-electron chi connectivity index (χ0n) is 6.04. The largest absolute Gasteiger partial charge is 0.481 e. The van der Waals surface area contributed by atoms with E-state index in [0.717, 1.165) is 12.7 Å². The van der Waals surface area contributed by atoms with Gasteiger partial charge in [-0.15, -0.1) is 0 Å². The van der Waals surface area contributed by atoms with Crippen molar-refractivity contribution in [1.82, 2.24) is 0 Å². The van der Waals surface area contributed by atoms with Crippen molar-refractivity contribution in [3.8, 4) is 0 Å². The number of hydrogen-bond acceptors (Lipinski definition) is 2. The normalized spacial score (nSPS) is 12.5. The number of hydrogen-bond donors (Lipinski definition) is 1. The molecule has 0 amide bonds. The number of carboxylic acid groups (broad SMARTS) is 1. The molecule has 0 rings (SSSR count). The van der Waals surface area contributed by atoms with Crippen LogP contribution in [0.15, 0.2) is 0 Å². The van der Waals surface area contributed by atoms with Crippen LogP contribution < -0.4 is 0 Å². The molecule has 0 radical (unpaired) electrons. The first-order valence-electron chi connectivity index (χ1n) is 3.37. The van der Waals surface area contributed by atoms with Gasteiger partial charge in [0.05, 0.1) is 0 Å². The van der Waals surface area contributed by atoms with E-state index in [0.29, 0.717) is 6.42 Å². The van der Waals surface area contributed by atoms with Crippen molar-refractivity contribution < 1.29 is 14.7 Å². The molecule has 0 aromatic carbocycles. The van der Waals surface area contributed by atoms with Crippen LogP contribution in [0.2, 0.25) is 0 Å². The van der Waals surface area contributed by atoms with Crippen molar-refractivity contribution in [2.45, 2.75) is 26.2 Å². The van der Waals surface area contributed by atoms with Crippen LogP contribution >= 0.6 is 0 Å². The minimum atomic E-state index is -0.833. The number of carbonyl (C=O) groups is 2. The highest BCUT2D eigenvalue weighted by molar-refractivity contribution is 5.67. The van der Waals surface area contributed by atoms with E-state index in [1.165, 1.54) is 0 Å². The lowest BCUT2D eigenvalue weighted by atomic mass is 10.0. The minimum Gasteiger partial charge on any atom is -0.481 e. The maximum Gasteiger partial charge on any atom is 0.303 e. The Morgan fingerprint density at radius 3 is 2.60 bits per heavy atom. The summed E-state index contributed by atoms with van der Waals surface area (Å²) in [7, 11) is 0. The van der Waals surface area contributed by atoms with Gasteiger partial charge in [-0.3, -0.25) is 4.79 Å². The summed E-state index contributed by atoms with van der Waals surface area (Å²) in [6.45, 7) is 1.88. The molecule has 0 aromatic heterocycles. The Morgan fingerprint density at radius 1 is 1.70 bits per heavy atom. The Balaban J connectivity index is 3.44. The molecule has 3 nitrogen and oxygen atoms in total. The summed E-state index contributed by atoms with van der Waals surface area (Å²) in [6.07, 6.45) is 2.12. The molecule has 0 fully saturated rings. The Bertz CT molecular complexity index is 120.